The molecule has 23 heavy (non-hydrogen) atoms. The highest BCUT2D eigenvalue weighted by atomic mass is 16.6. The van der Waals surface area contributed by atoms with E-state index in [-0.39, 0.29) is 12.5 Å². The van der Waals surface area contributed by atoms with Gasteiger partial charge >= 0.3 is 0 Å². The van der Waals surface area contributed by atoms with Crippen LogP contribution in [0.4, 0.5) is 5.69 Å². The number of anilines is 1. The van der Waals surface area contributed by atoms with Crippen molar-refractivity contribution in [2.45, 2.75) is 6.92 Å². The molecule has 5 heteroatoms. The molecule has 1 aliphatic rings. The van der Waals surface area contributed by atoms with Gasteiger partial charge in [0, 0.05) is 18.8 Å². The Labute approximate surface area is 135 Å². The average molecular weight is 313 g/mol. The van der Waals surface area contributed by atoms with Crippen molar-refractivity contribution in [3.05, 3.63) is 48.0 Å². The minimum absolute atomic E-state index is 0.0194. The molecule has 2 aromatic carbocycles. The highest BCUT2D eigenvalue weighted by Gasteiger charge is 2.17. The summed E-state index contributed by atoms with van der Waals surface area (Å²) >= 11 is 0. The monoisotopic (exact) mass is 313 g/mol. The second-order valence-electron chi connectivity index (χ2n) is 5.39. The minimum atomic E-state index is -0.136. The molecule has 0 unspecified atom stereocenters. The van der Waals surface area contributed by atoms with E-state index in [2.05, 4.69) is 0 Å². The molecule has 0 saturated heterocycles. The number of hydrogen-bond donors (Lipinski definition) is 0. The van der Waals surface area contributed by atoms with Gasteiger partial charge in [-0.25, -0.2) is 0 Å². The molecule has 0 bridgehead atoms. The second kappa shape index (κ2) is 6.60. The van der Waals surface area contributed by atoms with Crippen LogP contribution in [-0.4, -0.2) is 32.8 Å². The summed E-state index contributed by atoms with van der Waals surface area (Å²) in [4.78, 5) is 13.8. The zero-order valence-corrected chi connectivity index (χ0v) is 13.2. The molecular weight excluding hydrogens is 294 g/mol. The summed E-state index contributed by atoms with van der Waals surface area (Å²) in [6.07, 6.45) is 0. The lowest BCUT2D eigenvalue weighted by Gasteiger charge is -2.22. The highest BCUT2D eigenvalue weighted by Crippen LogP contribution is 2.33. The highest BCUT2D eigenvalue weighted by molar-refractivity contribution is 5.94. The Morgan fingerprint density at radius 1 is 1.13 bits per heavy atom. The predicted octanol–water partition coefficient (Wildman–Crippen LogP) is 2.81. The molecule has 0 fully saturated rings. The van der Waals surface area contributed by atoms with Crippen molar-refractivity contribution >= 4 is 11.6 Å². The quantitative estimate of drug-likeness (QED) is 0.871. The molecule has 1 amide bonds. The number of amides is 1. The SMILES string of the molecule is Cc1cccc(OCC(=O)N(C)c2ccc3c(c2)OCCO3)c1. The molecular formula is C18H19NO4. The van der Waals surface area contributed by atoms with Gasteiger partial charge in [0.05, 0.1) is 0 Å². The molecule has 2 aromatic rings. The second-order valence-corrected chi connectivity index (χ2v) is 5.39. The van der Waals surface area contributed by atoms with Crippen molar-refractivity contribution < 1.29 is 19.0 Å². The van der Waals surface area contributed by atoms with Gasteiger partial charge in [0.2, 0.25) is 0 Å². The third-order valence-electron chi connectivity index (χ3n) is 3.64. The van der Waals surface area contributed by atoms with Crippen LogP contribution in [0.2, 0.25) is 0 Å². The maximum Gasteiger partial charge on any atom is 0.264 e. The summed E-state index contributed by atoms with van der Waals surface area (Å²) < 4.78 is 16.6. The molecule has 120 valence electrons. The number of carbonyl (C=O) groups excluding carboxylic acids is 1. The number of carbonyl (C=O) groups is 1. The van der Waals surface area contributed by atoms with Crippen LogP contribution in [0.1, 0.15) is 5.56 Å². The summed E-state index contributed by atoms with van der Waals surface area (Å²) in [7, 11) is 1.72. The molecule has 0 aromatic heterocycles. The van der Waals surface area contributed by atoms with E-state index in [0.717, 1.165) is 11.3 Å². The van der Waals surface area contributed by atoms with Crippen LogP contribution in [0.25, 0.3) is 0 Å². The number of fused-ring (bicyclic) bond motifs is 1. The zero-order chi connectivity index (χ0) is 16.2. The predicted molar refractivity (Wildman–Crippen MR) is 87.5 cm³/mol. The summed E-state index contributed by atoms with van der Waals surface area (Å²) in [6, 6.07) is 13.1. The summed E-state index contributed by atoms with van der Waals surface area (Å²) in [5.74, 6) is 1.92. The van der Waals surface area contributed by atoms with E-state index in [0.29, 0.717) is 30.5 Å². The molecule has 1 heterocycles. The smallest absolute Gasteiger partial charge is 0.264 e. The van der Waals surface area contributed by atoms with Crippen molar-refractivity contribution in [3.63, 3.8) is 0 Å². The van der Waals surface area contributed by atoms with E-state index >= 15 is 0 Å². The van der Waals surface area contributed by atoms with E-state index in [1.165, 1.54) is 0 Å². The maximum atomic E-state index is 12.3. The lowest BCUT2D eigenvalue weighted by atomic mass is 10.2. The van der Waals surface area contributed by atoms with Crippen LogP contribution in [0, 0.1) is 6.92 Å². The van der Waals surface area contributed by atoms with Crippen LogP contribution in [0.3, 0.4) is 0 Å². The number of rotatable bonds is 4. The lowest BCUT2D eigenvalue weighted by molar-refractivity contribution is -0.120. The molecule has 3 rings (SSSR count). The first kappa shape index (κ1) is 15.2. The van der Waals surface area contributed by atoms with Crippen molar-refractivity contribution in [1.29, 1.82) is 0 Å². The minimum Gasteiger partial charge on any atom is -0.486 e. The first-order valence-electron chi connectivity index (χ1n) is 7.49. The standard InChI is InChI=1S/C18H19NO4/c1-13-4-3-5-15(10-13)23-12-18(20)19(2)14-6-7-16-17(11-14)22-9-8-21-16/h3-7,10-11H,8-9,12H2,1-2H3. The Morgan fingerprint density at radius 2 is 1.91 bits per heavy atom. The normalized spacial score (nSPS) is 12.6. The summed E-state index contributed by atoms with van der Waals surface area (Å²) in [5.41, 5.74) is 1.84. The van der Waals surface area contributed by atoms with E-state index in [1.54, 1.807) is 18.0 Å². The maximum absolute atomic E-state index is 12.3. The molecule has 0 spiro atoms. The lowest BCUT2D eigenvalue weighted by Crippen LogP contribution is -2.31. The molecule has 1 aliphatic heterocycles. The number of aryl methyl sites for hydroxylation is 1. The Balaban J connectivity index is 1.65. The van der Waals surface area contributed by atoms with Crippen molar-refractivity contribution in [3.8, 4) is 17.2 Å². The Hall–Kier alpha value is -2.69. The number of ether oxygens (including phenoxy) is 3. The van der Waals surface area contributed by atoms with Crippen LogP contribution in [-0.2, 0) is 4.79 Å². The number of hydrogen-bond acceptors (Lipinski definition) is 4. The van der Waals surface area contributed by atoms with E-state index in [1.807, 2.05) is 43.3 Å². The van der Waals surface area contributed by atoms with Gasteiger partial charge in [0.25, 0.3) is 5.91 Å². The third kappa shape index (κ3) is 3.56. The van der Waals surface area contributed by atoms with Crippen LogP contribution in [0.5, 0.6) is 17.2 Å². The Kier molecular flexibility index (Phi) is 4.37. The van der Waals surface area contributed by atoms with Gasteiger partial charge < -0.3 is 19.1 Å². The molecule has 0 atom stereocenters. The van der Waals surface area contributed by atoms with E-state index < -0.39 is 0 Å². The first-order valence-corrected chi connectivity index (χ1v) is 7.49. The van der Waals surface area contributed by atoms with Crippen LogP contribution < -0.4 is 19.1 Å². The third-order valence-corrected chi connectivity index (χ3v) is 3.64. The largest absolute Gasteiger partial charge is 0.486 e. The molecule has 0 radical (unpaired) electrons. The van der Waals surface area contributed by atoms with Gasteiger partial charge in [-0.3, -0.25) is 4.79 Å². The summed E-state index contributed by atoms with van der Waals surface area (Å²) in [5, 5.41) is 0. The Bertz CT molecular complexity index is 714. The van der Waals surface area contributed by atoms with E-state index in [4.69, 9.17) is 14.2 Å². The van der Waals surface area contributed by atoms with E-state index in [9.17, 15) is 4.79 Å². The van der Waals surface area contributed by atoms with Gasteiger partial charge in [0.15, 0.2) is 18.1 Å². The fraction of sp³-hybridized carbons (Fsp3) is 0.278. The van der Waals surface area contributed by atoms with Crippen molar-refractivity contribution in [1.82, 2.24) is 0 Å². The number of likely N-dealkylation sites (N-methyl/N-ethyl adjacent to an activating group) is 1. The van der Waals surface area contributed by atoms with Gasteiger partial charge in [-0.05, 0) is 36.8 Å². The average Bonchev–Trinajstić information content (AvgIpc) is 2.58. The fourth-order valence-corrected chi connectivity index (χ4v) is 2.33. The van der Waals surface area contributed by atoms with Crippen molar-refractivity contribution in [2.24, 2.45) is 0 Å². The van der Waals surface area contributed by atoms with Gasteiger partial charge in [-0.2, -0.15) is 0 Å². The van der Waals surface area contributed by atoms with Crippen molar-refractivity contribution in [2.75, 3.05) is 31.8 Å². The van der Waals surface area contributed by atoms with Crippen LogP contribution in [0.15, 0.2) is 42.5 Å². The first-order chi connectivity index (χ1) is 11.1. The van der Waals surface area contributed by atoms with Crippen LogP contribution >= 0.6 is 0 Å². The fourth-order valence-electron chi connectivity index (χ4n) is 2.33. The van der Waals surface area contributed by atoms with Gasteiger partial charge in [0.1, 0.15) is 19.0 Å². The topological polar surface area (TPSA) is 48.0 Å². The molecule has 0 N–H and O–H groups in total. The summed E-state index contributed by atoms with van der Waals surface area (Å²) in [6.45, 7) is 3.03. The molecule has 5 nitrogen and oxygen atoms in total. The molecule has 0 saturated carbocycles. The number of benzene rings is 2. The molecule has 0 aliphatic carbocycles. The zero-order valence-electron chi connectivity index (χ0n) is 13.2. The number of nitrogens with zero attached hydrogens (tertiary/aromatic N) is 1. The Morgan fingerprint density at radius 3 is 2.70 bits per heavy atom. The van der Waals surface area contributed by atoms with Gasteiger partial charge in [-0.1, -0.05) is 12.1 Å². The van der Waals surface area contributed by atoms with Gasteiger partial charge in [-0.15, -0.1) is 0 Å².